The van der Waals surface area contributed by atoms with Crippen LogP contribution in [0, 0.1) is 0 Å². The summed E-state index contributed by atoms with van der Waals surface area (Å²) in [5.41, 5.74) is 1.47. The lowest BCUT2D eigenvalue weighted by Crippen LogP contribution is -2.35. The third kappa shape index (κ3) is 3.37. The van der Waals surface area contributed by atoms with E-state index >= 15 is 0 Å². The Morgan fingerprint density at radius 3 is 2.70 bits per heavy atom. The highest BCUT2D eigenvalue weighted by Gasteiger charge is 2.13. The van der Waals surface area contributed by atoms with Crippen LogP contribution in [0.2, 0.25) is 0 Å². The number of H-pyrrole nitrogens is 1. The summed E-state index contributed by atoms with van der Waals surface area (Å²) in [6.07, 6.45) is 1.42. The highest BCUT2D eigenvalue weighted by Crippen LogP contribution is 2.16. The van der Waals surface area contributed by atoms with Gasteiger partial charge in [-0.15, -0.1) is 0 Å². The number of amides is 1. The Labute approximate surface area is 118 Å². The van der Waals surface area contributed by atoms with E-state index in [-0.39, 0.29) is 5.91 Å². The van der Waals surface area contributed by atoms with Crippen LogP contribution in [0.5, 0.6) is 0 Å². The molecule has 0 radical (unpaired) electrons. The van der Waals surface area contributed by atoms with Crippen molar-refractivity contribution in [3.8, 4) is 0 Å². The van der Waals surface area contributed by atoms with E-state index < -0.39 is 6.29 Å². The van der Waals surface area contributed by atoms with E-state index in [2.05, 4.69) is 10.3 Å². The molecule has 0 aliphatic rings. The average Bonchev–Trinajstić information content (AvgIpc) is 2.93. The number of aromatic nitrogens is 1. The van der Waals surface area contributed by atoms with Crippen LogP contribution in [0.15, 0.2) is 30.5 Å². The summed E-state index contributed by atoms with van der Waals surface area (Å²) in [6, 6.07) is 7.57. The molecule has 2 aromatic rings. The van der Waals surface area contributed by atoms with Crippen LogP contribution >= 0.6 is 0 Å². The maximum Gasteiger partial charge on any atom is 0.253 e. The first-order chi connectivity index (χ1) is 9.76. The summed E-state index contributed by atoms with van der Waals surface area (Å²) in [6.45, 7) is 5.22. The third-order valence-electron chi connectivity index (χ3n) is 2.97. The van der Waals surface area contributed by atoms with Crippen molar-refractivity contribution >= 4 is 16.8 Å². The molecule has 0 saturated carbocycles. The Bertz CT molecular complexity index is 559. The molecule has 5 nitrogen and oxygen atoms in total. The monoisotopic (exact) mass is 276 g/mol. The summed E-state index contributed by atoms with van der Waals surface area (Å²) in [7, 11) is 0. The summed E-state index contributed by atoms with van der Waals surface area (Å²) in [4.78, 5) is 15.3. The zero-order valence-corrected chi connectivity index (χ0v) is 11.8. The zero-order valence-electron chi connectivity index (χ0n) is 11.8. The lowest BCUT2D eigenvalue weighted by Gasteiger charge is -2.17. The van der Waals surface area contributed by atoms with Gasteiger partial charge >= 0.3 is 0 Å². The van der Waals surface area contributed by atoms with Crippen molar-refractivity contribution in [3.05, 3.63) is 36.0 Å². The van der Waals surface area contributed by atoms with Crippen LogP contribution in [-0.4, -0.2) is 36.9 Å². The molecule has 1 aromatic carbocycles. The molecule has 0 aliphatic carbocycles. The number of carbonyl (C=O) groups excluding carboxylic acids is 1. The van der Waals surface area contributed by atoms with Crippen LogP contribution in [0.1, 0.15) is 24.2 Å². The van der Waals surface area contributed by atoms with E-state index in [1.807, 2.05) is 38.2 Å². The number of hydrogen-bond donors (Lipinski definition) is 2. The smallest absolute Gasteiger partial charge is 0.253 e. The fourth-order valence-electron chi connectivity index (χ4n) is 2.08. The Morgan fingerprint density at radius 2 is 2.00 bits per heavy atom. The van der Waals surface area contributed by atoms with Gasteiger partial charge < -0.3 is 19.8 Å². The molecule has 1 heterocycles. The number of rotatable bonds is 7. The van der Waals surface area contributed by atoms with E-state index in [9.17, 15) is 4.79 Å². The highest BCUT2D eigenvalue weighted by atomic mass is 16.7. The normalized spacial score (nSPS) is 11.2. The molecule has 0 atom stereocenters. The van der Waals surface area contributed by atoms with Crippen LogP contribution in [0.4, 0.5) is 0 Å². The Balaban J connectivity index is 2.02. The standard InChI is InChI=1S/C15H20N2O3/c1-3-19-13(20-4-2)10-17-15(18)12-7-5-6-11-8-9-16-14(11)12/h5-9,13,16H,3-4,10H2,1-2H3,(H,17,18). The van der Waals surface area contributed by atoms with Crippen molar-refractivity contribution in [1.82, 2.24) is 10.3 Å². The van der Waals surface area contributed by atoms with Gasteiger partial charge in [0.05, 0.1) is 17.6 Å². The topological polar surface area (TPSA) is 63.3 Å². The number of benzene rings is 1. The lowest BCUT2D eigenvalue weighted by molar-refractivity contribution is -0.131. The molecule has 5 heteroatoms. The van der Waals surface area contributed by atoms with Crippen LogP contribution < -0.4 is 5.32 Å². The van der Waals surface area contributed by atoms with Gasteiger partial charge in [-0.2, -0.15) is 0 Å². The van der Waals surface area contributed by atoms with Crippen molar-refractivity contribution in [3.63, 3.8) is 0 Å². The van der Waals surface area contributed by atoms with Crippen LogP contribution in [-0.2, 0) is 9.47 Å². The van der Waals surface area contributed by atoms with Gasteiger partial charge in [0.15, 0.2) is 6.29 Å². The molecule has 1 amide bonds. The summed E-state index contributed by atoms with van der Waals surface area (Å²) < 4.78 is 10.8. The Morgan fingerprint density at radius 1 is 1.25 bits per heavy atom. The molecule has 0 saturated heterocycles. The second-order valence-corrected chi connectivity index (χ2v) is 4.30. The minimum atomic E-state index is -0.406. The van der Waals surface area contributed by atoms with Crippen LogP contribution in [0.25, 0.3) is 10.9 Å². The van der Waals surface area contributed by atoms with E-state index in [1.54, 1.807) is 6.07 Å². The Kier molecular flexibility index (Phi) is 5.15. The SMILES string of the molecule is CCOC(CNC(=O)c1cccc2cc[nH]c12)OCC. The summed E-state index contributed by atoms with van der Waals surface area (Å²) in [5.74, 6) is -0.137. The number of ether oxygens (including phenoxy) is 2. The van der Waals surface area contributed by atoms with E-state index in [0.717, 1.165) is 10.9 Å². The quantitative estimate of drug-likeness (QED) is 0.763. The van der Waals surface area contributed by atoms with Crippen molar-refractivity contribution in [2.45, 2.75) is 20.1 Å². The van der Waals surface area contributed by atoms with Crippen LogP contribution in [0.3, 0.4) is 0 Å². The number of fused-ring (bicyclic) bond motifs is 1. The molecule has 0 spiro atoms. The molecule has 2 N–H and O–H groups in total. The molecule has 0 aliphatic heterocycles. The molecule has 108 valence electrons. The van der Waals surface area contributed by atoms with Gasteiger partial charge in [0, 0.05) is 24.8 Å². The second kappa shape index (κ2) is 7.07. The van der Waals surface area contributed by atoms with Gasteiger partial charge in [-0.25, -0.2) is 0 Å². The number of carbonyl (C=O) groups is 1. The number of para-hydroxylation sites is 1. The van der Waals surface area contributed by atoms with Gasteiger partial charge in [0.25, 0.3) is 5.91 Å². The van der Waals surface area contributed by atoms with Gasteiger partial charge in [-0.1, -0.05) is 12.1 Å². The van der Waals surface area contributed by atoms with E-state index in [1.165, 1.54) is 0 Å². The molecular formula is C15H20N2O3. The number of hydrogen-bond acceptors (Lipinski definition) is 3. The molecule has 2 rings (SSSR count). The first kappa shape index (κ1) is 14.6. The maximum atomic E-state index is 12.2. The predicted octanol–water partition coefficient (Wildman–Crippen LogP) is 2.30. The number of nitrogens with one attached hydrogen (secondary N) is 2. The highest BCUT2D eigenvalue weighted by molar-refractivity contribution is 6.05. The Hall–Kier alpha value is -1.85. The predicted molar refractivity (Wildman–Crippen MR) is 77.7 cm³/mol. The van der Waals surface area contributed by atoms with Crippen molar-refractivity contribution in [1.29, 1.82) is 0 Å². The maximum absolute atomic E-state index is 12.2. The average molecular weight is 276 g/mol. The molecule has 0 fully saturated rings. The molecule has 1 aromatic heterocycles. The summed E-state index contributed by atoms with van der Waals surface area (Å²) >= 11 is 0. The minimum absolute atomic E-state index is 0.137. The van der Waals surface area contributed by atoms with E-state index in [0.29, 0.717) is 25.3 Å². The van der Waals surface area contributed by atoms with Gasteiger partial charge in [0.2, 0.25) is 0 Å². The van der Waals surface area contributed by atoms with Crippen molar-refractivity contribution < 1.29 is 14.3 Å². The van der Waals surface area contributed by atoms with Crippen molar-refractivity contribution in [2.75, 3.05) is 19.8 Å². The third-order valence-corrected chi connectivity index (χ3v) is 2.97. The first-order valence-corrected chi connectivity index (χ1v) is 6.83. The molecule has 0 bridgehead atoms. The van der Waals surface area contributed by atoms with Gasteiger partial charge in [-0.3, -0.25) is 4.79 Å². The van der Waals surface area contributed by atoms with E-state index in [4.69, 9.17) is 9.47 Å². The molecule has 0 unspecified atom stereocenters. The fourth-order valence-corrected chi connectivity index (χ4v) is 2.08. The fraction of sp³-hybridized carbons (Fsp3) is 0.400. The first-order valence-electron chi connectivity index (χ1n) is 6.83. The lowest BCUT2D eigenvalue weighted by atomic mass is 10.1. The molecular weight excluding hydrogens is 256 g/mol. The van der Waals surface area contributed by atoms with Gasteiger partial charge in [-0.05, 0) is 26.0 Å². The minimum Gasteiger partial charge on any atom is -0.361 e. The van der Waals surface area contributed by atoms with Crippen molar-refractivity contribution in [2.24, 2.45) is 0 Å². The number of aromatic amines is 1. The zero-order chi connectivity index (χ0) is 14.4. The van der Waals surface area contributed by atoms with Gasteiger partial charge in [0.1, 0.15) is 0 Å². The summed E-state index contributed by atoms with van der Waals surface area (Å²) in [5, 5.41) is 3.86. The largest absolute Gasteiger partial charge is 0.361 e. The second-order valence-electron chi connectivity index (χ2n) is 4.30. The molecule has 20 heavy (non-hydrogen) atoms.